The topological polar surface area (TPSA) is 87.1 Å². The summed E-state index contributed by atoms with van der Waals surface area (Å²) in [6.07, 6.45) is 1.63. The molecule has 0 aliphatic carbocycles. The number of nitrogens with zero attached hydrogens (tertiary/aromatic N) is 3. The zero-order chi connectivity index (χ0) is 19.3. The second-order valence-electron chi connectivity index (χ2n) is 6.47. The summed E-state index contributed by atoms with van der Waals surface area (Å²) in [4.78, 5) is 14.2. The summed E-state index contributed by atoms with van der Waals surface area (Å²) in [7, 11) is 0. The molecular formula is C20H15ClN4O2S. The SMILES string of the molecule is Cc1occc1Sc1nc(N)nc(-c2c(Cl)cc3c4c(cccc24)COC3)n1. The van der Waals surface area contributed by atoms with Gasteiger partial charge < -0.3 is 14.9 Å². The van der Waals surface area contributed by atoms with E-state index in [2.05, 4.69) is 21.0 Å². The standard InChI is InChI=1S/C20H15ClN4O2S/c1-10-15(5-6-27-10)28-20-24-18(23-19(22)25-20)17-13-4-2-3-11-8-26-9-12(16(11)13)7-14(17)21/h2-7H,8-9H2,1H3,(H2,22,23,24,25). The van der Waals surface area contributed by atoms with E-state index in [1.807, 2.05) is 31.2 Å². The van der Waals surface area contributed by atoms with Crippen molar-refractivity contribution < 1.29 is 9.15 Å². The fourth-order valence-corrected chi connectivity index (χ4v) is 4.55. The molecule has 3 heterocycles. The Kier molecular flexibility index (Phi) is 4.23. The lowest BCUT2D eigenvalue weighted by atomic mass is 9.94. The van der Waals surface area contributed by atoms with Gasteiger partial charge in [-0.05, 0) is 52.7 Å². The van der Waals surface area contributed by atoms with Crippen molar-refractivity contribution in [3.05, 3.63) is 58.5 Å². The molecule has 0 unspecified atom stereocenters. The van der Waals surface area contributed by atoms with Crippen molar-refractivity contribution in [1.29, 1.82) is 0 Å². The Morgan fingerprint density at radius 1 is 1.11 bits per heavy atom. The van der Waals surface area contributed by atoms with Gasteiger partial charge in [-0.15, -0.1) is 0 Å². The maximum Gasteiger partial charge on any atom is 0.224 e. The summed E-state index contributed by atoms with van der Waals surface area (Å²) < 4.78 is 11.0. The number of rotatable bonds is 3. The van der Waals surface area contributed by atoms with Gasteiger partial charge in [0.05, 0.1) is 29.4 Å². The first-order chi connectivity index (χ1) is 13.6. The number of nitrogens with two attached hydrogens (primary N) is 1. The Hall–Kier alpha value is -2.61. The minimum atomic E-state index is 0.147. The second kappa shape index (κ2) is 6.77. The number of aryl methyl sites for hydroxylation is 1. The fraction of sp³-hybridized carbons (Fsp3) is 0.150. The van der Waals surface area contributed by atoms with E-state index in [9.17, 15) is 0 Å². The molecule has 1 aliphatic heterocycles. The predicted octanol–water partition coefficient (Wildman–Crippen LogP) is 5.01. The number of hydrogen-bond acceptors (Lipinski definition) is 7. The van der Waals surface area contributed by atoms with Crippen LogP contribution in [0.5, 0.6) is 0 Å². The summed E-state index contributed by atoms with van der Waals surface area (Å²) in [5.41, 5.74) is 8.94. The first-order valence-electron chi connectivity index (χ1n) is 8.65. The molecule has 5 rings (SSSR count). The van der Waals surface area contributed by atoms with E-state index < -0.39 is 0 Å². The average molecular weight is 411 g/mol. The van der Waals surface area contributed by atoms with Crippen molar-refractivity contribution in [2.45, 2.75) is 30.2 Å². The summed E-state index contributed by atoms with van der Waals surface area (Å²) in [5.74, 6) is 1.40. The van der Waals surface area contributed by atoms with Gasteiger partial charge in [0.1, 0.15) is 5.76 Å². The van der Waals surface area contributed by atoms with Crippen molar-refractivity contribution in [2.75, 3.05) is 5.73 Å². The van der Waals surface area contributed by atoms with E-state index in [4.69, 9.17) is 26.5 Å². The zero-order valence-corrected chi connectivity index (χ0v) is 16.5. The molecule has 0 saturated heterocycles. The molecule has 0 bridgehead atoms. The van der Waals surface area contributed by atoms with Gasteiger partial charge >= 0.3 is 0 Å². The first-order valence-corrected chi connectivity index (χ1v) is 9.84. The highest BCUT2D eigenvalue weighted by Gasteiger charge is 2.21. The Bertz CT molecular complexity index is 1220. The largest absolute Gasteiger partial charge is 0.468 e. The van der Waals surface area contributed by atoms with Crippen molar-refractivity contribution in [1.82, 2.24) is 15.0 Å². The van der Waals surface area contributed by atoms with Crippen molar-refractivity contribution >= 4 is 40.1 Å². The van der Waals surface area contributed by atoms with Crippen LogP contribution in [0.2, 0.25) is 5.02 Å². The maximum absolute atomic E-state index is 6.65. The highest BCUT2D eigenvalue weighted by molar-refractivity contribution is 7.99. The van der Waals surface area contributed by atoms with E-state index in [0.29, 0.717) is 29.2 Å². The van der Waals surface area contributed by atoms with Crippen LogP contribution in [0.15, 0.2) is 51.1 Å². The number of hydrogen-bond donors (Lipinski definition) is 1. The fourth-order valence-electron chi connectivity index (χ4n) is 3.45. The van der Waals surface area contributed by atoms with Gasteiger partial charge in [0.15, 0.2) is 11.0 Å². The van der Waals surface area contributed by atoms with Gasteiger partial charge in [-0.3, -0.25) is 0 Å². The molecule has 0 atom stereocenters. The third kappa shape index (κ3) is 2.92. The molecule has 0 fully saturated rings. The zero-order valence-electron chi connectivity index (χ0n) is 14.9. The third-order valence-corrected chi connectivity index (χ3v) is 5.97. The molecule has 0 amide bonds. The van der Waals surface area contributed by atoms with E-state index in [1.54, 1.807) is 6.26 Å². The number of furan rings is 1. The van der Waals surface area contributed by atoms with E-state index in [-0.39, 0.29) is 5.95 Å². The monoisotopic (exact) mass is 410 g/mol. The van der Waals surface area contributed by atoms with Crippen molar-refractivity contribution in [3.63, 3.8) is 0 Å². The normalized spacial score (nSPS) is 13.2. The quantitative estimate of drug-likeness (QED) is 0.507. The van der Waals surface area contributed by atoms with Crippen LogP contribution in [-0.4, -0.2) is 15.0 Å². The van der Waals surface area contributed by atoms with Gasteiger partial charge in [0.2, 0.25) is 5.95 Å². The van der Waals surface area contributed by atoms with Crippen LogP contribution >= 0.6 is 23.4 Å². The third-order valence-electron chi connectivity index (χ3n) is 4.66. The molecule has 4 aromatic rings. The average Bonchev–Trinajstić information content (AvgIpc) is 3.06. The van der Waals surface area contributed by atoms with Gasteiger partial charge in [-0.2, -0.15) is 9.97 Å². The molecule has 2 aromatic carbocycles. The number of anilines is 1. The molecule has 1 aliphatic rings. The molecule has 0 saturated carbocycles. The maximum atomic E-state index is 6.65. The smallest absolute Gasteiger partial charge is 0.224 e. The summed E-state index contributed by atoms with van der Waals surface area (Å²) in [6.45, 7) is 3.00. The number of halogens is 1. The van der Waals surface area contributed by atoms with E-state index in [1.165, 1.54) is 11.8 Å². The first kappa shape index (κ1) is 17.5. The Labute approximate surface area is 170 Å². The summed E-state index contributed by atoms with van der Waals surface area (Å²) in [5, 5.41) is 3.19. The lowest BCUT2D eigenvalue weighted by Gasteiger charge is -2.20. The van der Waals surface area contributed by atoms with Gasteiger partial charge in [0, 0.05) is 5.56 Å². The van der Waals surface area contributed by atoms with Crippen LogP contribution in [0.1, 0.15) is 16.9 Å². The highest BCUT2D eigenvalue weighted by atomic mass is 35.5. The van der Waals surface area contributed by atoms with Crippen molar-refractivity contribution in [3.8, 4) is 11.4 Å². The lowest BCUT2D eigenvalue weighted by Crippen LogP contribution is -2.06. The van der Waals surface area contributed by atoms with Crippen LogP contribution in [0, 0.1) is 6.92 Å². The molecule has 0 spiro atoms. The number of ether oxygens (including phenoxy) is 1. The van der Waals surface area contributed by atoms with Crippen LogP contribution in [0.25, 0.3) is 22.2 Å². The molecule has 2 aromatic heterocycles. The van der Waals surface area contributed by atoms with Crippen molar-refractivity contribution in [2.24, 2.45) is 0 Å². The van der Waals surface area contributed by atoms with Crippen LogP contribution in [-0.2, 0) is 18.0 Å². The van der Waals surface area contributed by atoms with Crippen LogP contribution in [0.3, 0.4) is 0 Å². The summed E-state index contributed by atoms with van der Waals surface area (Å²) in [6, 6.07) is 9.88. The molecule has 0 radical (unpaired) electrons. The van der Waals surface area contributed by atoms with Gasteiger partial charge in [-0.1, -0.05) is 29.8 Å². The van der Waals surface area contributed by atoms with Crippen LogP contribution < -0.4 is 5.73 Å². The molecule has 6 nitrogen and oxygen atoms in total. The molecule has 28 heavy (non-hydrogen) atoms. The Morgan fingerprint density at radius 3 is 2.79 bits per heavy atom. The molecular weight excluding hydrogens is 396 g/mol. The van der Waals surface area contributed by atoms with E-state index in [0.717, 1.165) is 38.1 Å². The minimum absolute atomic E-state index is 0.147. The molecule has 8 heteroatoms. The predicted molar refractivity (Wildman–Crippen MR) is 108 cm³/mol. The molecule has 140 valence electrons. The Balaban J connectivity index is 1.70. The number of aromatic nitrogens is 3. The molecule has 2 N–H and O–H groups in total. The second-order valence-corrected chi connectivity index (χ2v) is 7.88. The number of benzene rings is 2. The van der Waals surface area contributed by atoms with E-state index >= 15 is 0 Å². The highest BCUT2D eigenvalue weighted by Crippen LogP contribution is 2.40. The van der Waals surface area contributed by atoms with Gasteiger partial charge in [0.25, 0.3) is 0 Å². The van der Waals surface area contributed by atoms with Crippen LogP contribution in [0.4, 0.5) is 5.95 Å². The lowest BCUT2D eigenvalue weighted by molar-refractivity contribution is 0.103. The van der Waals surface area contributed by atoms with Gasteiger partial charge in [-0.25, -0.2) is 4.98 Å². The summed E-state index contributed by atoms with van der Waals surface area (Å²) >= 11 is 8.03. The Morgan fingerprint density at radius 2 is 1.96 bits per heavy atom. The minimum Gasteiger partial charge on any atom is -0.468 e. The number of nitrogen functional groups attached to an aromatic ring is 1.